The molecule has 0 aromatic heterocycles. The highest BCUT2D eigenvalue weighted by Gasteiger charge is 2.26. The molecule has 0 radical (unpaired) electrons. The summed E-state index contributed by atoms with van der Waals surface area (Å²) in [6.07, 6.45) is 0.751. The summed E-state index contributed by atoms with van der Waals surface area (Å²) in [6.45, 7) is 0.915. The normalized spacial score (nSPS) is 17.8. The highest BCUT2D eigenvalue weighted by molar-refractivity contribution is 7.88. The predicted molar refractivity (Wildman–Crippen MR) is 60.8 cm³/mol. The maximum Gasteiger partial charge on any atom is 0.240 e. The monoisotopic (exact) mass is 242 g/mol. The zero-order valence-corrected chi connectivity index (χ0v) is 9.61. The third-order valence-electron chi connectivity index (χ3n) is 2.36. The van der Waals surface area contributed by atoms with Crippen molar-refractivity contribution in [1.29, 1.82) is 0 Å². The van der Waals surface area contributed by atoms with Gasteiger partial charge in [-0.1, -0.05) is 16.6 Å². The minimum absolute atomic E-state index is 0.0483. The van der Waals surface area contributed by atoms with Crippen LogP contribution in [0.4, 0.5) is 5.69 Å². The Labute approximate surface area is 94.8 Å². The van der Waals surface area contributed by atoms with Crippen molar-refractivity contribution < 1.29 is 13.3 Å². The zero-order valence-electron chi connectivity index (χ0n) is 8.80. The van der Waals surface area contributed by atoms with E-state index >= 15 is 0 Å². The quantitative estimate of drug-likeness (QED) is 0.793. The largest absolute Gasteiger partial charge is 0.399 e. The Kier molecular flexibility index (Phi) is 3.13. The lowest BCUT2D eigenvalue weighted by atomic mass is 10.2. The van der Waals surface area contributed by atoms with Crippen LogP contribution in [0.25, 0.3) is 0 Å². The number of nitrogens with two attached hydrogens (primary N) is 1. The van der Waals surface area contributed by atoms with E-state index in [2.05, 4.69) is 0 Å². The SMILES string of the molecule is Nc1ccc(CS(=O)(=O)N2CCCO2)cc1. The highest BCUT2D eigenvalue weighted by Crippen LogP contribution is 2.16. The van der Waals surface area contributed by atoms with Crippen LogP contribution >= 0.6 is 0 Å². The maximum absolute atomic E-state index is 11.9. The topological polar surface area (TPSA) is 72.6 Å². The number of benzene rings is 1. The van der Waals surface area contributed by atoms with E-state index in [1.165, 1.54) is 0 Å². The molecule has 1 aromatic carbocycles. The minimum atomic E-state index is -3.36. The summed E-state index contributed by atoms with van der Waals surface area (Å²) in [5, 5.41) is 0. The molecule has 0 aliphatic carbocycles. The van der Waals surface area contributed by atoms with Crippen LogP contribution in [0.1, 0.15) is 12.0 Å². The van der Waals surface area contributed by atoms with E-state index in [9.17, 15) is 8.42 Å². The number of hydrogen-bond acceptors (Lipinski definition) is 4. The summed E-state index contributed by atoms with van der Waals surface area (Å²) >= 11 is 0. The molecule has 0 unspecified atom stereocenters. The number of hydrogen-bond donors (Lipinski definition) is 1. The zero-order chi connectivity index (χ0) is 11.6. The van der Waals surface area contributed by atoms with E-state index in [0.29, 0.717) is 24.4 Å². The van der Waals surface area contributed by atoms with Crippen LogP contribution in [0, 0.1) is 0 Å². The van der Waals surface area contributed by atoms with Crippen LogP contribution in [0.2, 0.25) is 0 Å². The molecule has 1 fully saturated rings. The maximum atomic E-state index is 11.9. The molecule has 6 heteroatoms. The number of nitrogens with zero attached hydrogens (tertiary/aromatic N) is 1. The lowest BCUT2D eigenvalue weighted by molar-refractivity contribution is -0.0286. The molecule has 0 atom stereocenters. The first-order valence-electron chi connectivity index (χ1n) is 5.06. The highest BCUT2D eigenvalue weighted by atomic mass is 32.2. The lowest BCUT2D eigenvalue weighted by Crippen LogP contribution is -2.28. The Morgan fingerprint density at radius 3 is 2.56 bits per heavy atom. The fraction of sp³-hybridized carbons (Fsp3) is 0.400. The van der Waals surface area contributed by atoms with E-state index in [-0.39, 0.29) is 5.75 Å². The number of nitrogen functional groups attached to an aromatic ring is 1. The summed E-state index contributed by atoms with van der Waals surface area (Å²) in [7, 11) is -3.36. The molecule has 2 N–H and O–H groups in total. The number of sulfonamides is 1. The van der Waals surface area contributed by atoms with Gasteiger partial charge in [0.25, 0.3) is 0 Å². The van der Waals surface area contributed by atoms with Gasteiger partial charge in [-0.2, -0.15) is 0 Å². The first-order valence-corrected chi connectivity index (χ1v) is 6.66. The molecule has 0 amide bonds. The van der Waals surface area contributed by atoms with Gasteiger partial charge in [0.2, 0.25) is 10.0 Å². The van der Waals surface area contributed by atoms with Crippen molar-refractivity contribution in [1.82, 2.24) is 4.47 Å². The smallest absolute Gasteiger partial charge is 0.240 e. The minimum Gasteiger partial charge on any atom is -0.399 e. The molecule has 0 spiro atoms. The van der Waals surface area contributed by atoms with Crippen LogP contribution in [0.3, 0.4) is 0 Å². The van der Waals surface area contributed by atoms with Gasteiger partial charge in [0.05, 0.1) is 12.4 Å². The molecule has 1 heterocycles. The number of anilines is 1. The molecular weight excluding hydrogens is 228 g/mol. The second-order valence-electron chi connectivity index (χ2n) is 3.71. The Hall–Kier alpha value is -1.11. The van der Waals surface area contributed by atoms with Crippen LogP contribution in [-0.4, -0.2) is 26.0 Å². The first kappa shape index (κ1) is 11.4. The average molecular weight is 242 g/mol. The standard InChI is InChI=1S/C10H14N2O3S/c11-10-4-2-9(3-5-10)8-16(13,14)12-6-1-7-15-12/h2-5H,1,6-8,11H2. The lowest BCUT2D eigenvalue weighted by Gasteiger charge is -2.14. The van der Waals surface area contributed by atoms with Crippen molar-refractivity contribution in [3.8, 4) is 0 Å². The van der Waals surface area contributed by atoms with Crippen molar-refractivity contribution in [2.24, 2.45) is 0 Å². The molecular formula is C10H14N2O3S. The van der Waals surface area contributed by atoms with Crippen LogP contribution in [0.15, 0.2) is 24.3 Å². The average Bonchev–Trinajstić information content (AvgIpc) is 2.75. The van der Waals surface area contributed by atoms with Gasteiger partial charge in [-0.3, -0.25) is 4.84 Å². The Morgan fingerprint density at radius 2 is 2.00 bits per heavy atom. The van der Waals surface area contributed by atoms with Gasteiger partial charge in [-0.25, -0.2) is 8.42 Å². The van der Waals surface area contributed by atoms with Gasteiger partial charge >= 0.3 is 0 Å². The molecule has 0 saturated carbocycles. The van der Waals surface area contributed by atoms with E-state index in [4.69, 9.17) is 10.6 Å². The first-order chi connectivity index (χ1) is 7.58. The molecule has 88 valence electrons. The summed E-state index contributed by atoms with van der Waals surface area (Å²) < 4.78 is 24.8. The molecule has 1 aliphatic heterocycles. The van der Waals surface area contributed by atoms with E-state index in [0.717, 1.165) is 10.9 Å². The second kappa shape index (κ2) is 4.40. The second-order valence-corrected chi connectivity index (χ2v) is 5.57. The summed E-state index contributed by atoms with van der Waals surface area (Å²) in [5.41, 5.74) is 6.86. The Morgan fingerprint density at radius 1 is 1.31 bits per heavy atom. The molecule has 1 saturated heterocycles. The van der Waals surface area contributed by atoms with Crippen LogP contribution in [-0.2, 0) is 20.6 Å². The van der Waals surface area contributed by atoms with Crippen LogP contribution < -0.4 is 5.73 Å². The predicted octanol–water partition coefficient (Wildman–Crippen LogP) is 0.736. The molecule has 2 rings (SSSR count). The van der Waals surface area contributed by atoms with Gasteiger partial charge < -0.3 is 5.73 Å². The van der Waals surface area contributed by atoms with E-state index in [1.54, 1.807) is 24.3 Å². The molecule has 5 nitrogen and oxygen atoms in total. The molecule has 0 bridgehead atoms. The van der Waals surface area contributed by atoms with Gasteiger partial charge in [0.15, 0.2) is 0 Å². The van der Waals surface area contributed by atoms with Crippen molar-refractivity contribution in [2.75, 3.05) is 18.9 Å². The van der Waals surface area contributed by atoms with Gasteiger partial charge in [0, 0.05) is 12.2 Å². The Balaban J connectivity index is 2.11. The van der Waals surface area contributed by atoms with Crippen molar-refractivity contribution in [2.45, 2.75) is 12.2 Å². The number of rotatable bonds is 3. The van der Waals surface area contributed by atoms with Crippen LogP contribution in [0.5, 0.6) is 0 Å². The van der Waals surface area contributed by atoms with E-state index < -0.39 is 10.0 Å². The van der Waals surface area contributed by atoms with E-state index in [1.807, 2.05) is 0 Å². The summed E-state index contributed by atoms with van der Waals surface area (Å²) in [5.74, 6) is -0.0483. The third kappa shape index (κ3) is 2.52. The van der Waals surface area contributed by atoms with Crippen molar-refractivity contribution >= 4 is 15.7 Å². The van der Waals surface area contributed by atoms with Gasteiger partial charge in [-0.15, -0.1) is 0 Å². The Bertz CT molecular complexity index is 449. The summed E-state index contributed by atoms with van der Waals surface area (Å²) in [4.78, 5) is 5.03. The van der Waals surface area contributed by atoms with Crippen molar-refractivity contribution in [3.05, 3.63) is 29.8 Å². The molecule has 1 aliphatic rings. The van der Waals surface area contributed by atoms with Crippen molar-refractivity contribution in [3.63, 3.8) is 0 Å². The fourth-order valence-electron chi connectivity index (χ4n) is 1.54. The fourth-order valence-corrected chi connectivity index (χ4v) is 2.94. The third-order valence-corrected chi connectivity index (χ3v) is 3.97. The molecule has 1 aromatic rings. The van der Waals surface area contributed by atoms with Gasteiger partial charge in [0.1, 0.15) is 0 Å². The van der Waals surface area contributed by atoms with Gasteiger partial charge in [-0.05, 0) is 24.1 Å². The number of hydroxylamine groups is 1. The molecule has 16 heavy (non-hydrogen) atoms. The summed E-state index contributed by atoms with van der Waals surface area (Å²) in [6, 6.07) is 6.80.